The van der Waals surface area contributed by atoms with Crippen molar-refractivity contribution in [3.8, 4) is 5.69 Å². The van der Waals surface area contributed by atoms with Gasteiger partial charge < -0.3 is 15.3 Å². The molecule has 0 fully saturated rings. The Bertz CT molecular complexity index is 700. The summed E-state index contributed by atoms with van der Waals surface area (Å²) in [5, 5.41) is 15.7. The van der Waals surface area contributed by atoms with E-state index >= 15 is 0 Å². The van der Waals surface area contributed by atoms with Crippen LogP contribution in [0.2, 0.25) is 0 Å². The van der Waals surface area contributed by atoms with Crippen molar-refractivity contribution in [3.63, 3.8) is 0 Å². The van der Waals surface area contributed by atoms with Gasteiger partial charge in [0.2, 0.25) is 0 Å². The number of aromatic nitrogens is 2. The molecule has 9 heteroatoms. The molecule has 0 radical (unpaired) electrons. The molecule has 130 valence electrons. The van der Waals surface area contributed by atoms with Crippen LogP contribution in [0.15, 0.2) is 36.5 Å². The molecule has 0 aliphatic carbocycles. The molecule has 1 heterocycles. The van der Waals surface area contributed by atoms with Gasteiger partial charge >= 0.3 is 12.2 Å². The Hall–Kier alpha value is -2.55. The summed E-state index contributed by atoms with van der Waals surface area (Å²) in [6.45, 7) is 0.862. The summed E-state index contributed by atoms with van der Waals surface area (Å²) in [5.41, 5.74) is 1.79. The van der Waals surface area contributed by atoms with Gasteiger partial charge in [-0.25, -0.2) is 9.48 Å². The summed E-state index contributed by atoms with van der Waals surface area (Å²) in [6, 6.07) is 8.41. The molecule has 1 atom stereocenters. The van der Waals surface area contributed by atoms with Crippen LogP contribution in [-0.2, 0) is 0 Å². The van der Waals surface area contributed by atoms with Gasteiger partial charge in [-0.3, -0.25) is 0 Å². The summed E-state index contributed by atoms with van der Waals surface area (Å²) in [7, 11) is 1.17. The van der Waals surface area contributed by atoms with Gasteiger partial charge in [0.25, 0.3) is 0 Å². The Labute approximate surface area is 136 Å². The van der Waals surface area contributed by atoms with Crippen LogP contribution in [0.4, 0.5) is 23.7 Å². The lowest BCUT2D eigenvalue weighted by atomic mass is 10.3. The van der Waals surface area contributed by atoms with Crippen molar-refractivity contribution in [1.29, 1.82) is 0 Å². The number of alkyl halides is 3. The molecule has 24 heavy (non-hydrogen) atoms. The maximum Gasteiger partial charge on any atom is 0.416 e. The summed E-state index contributed by atoms with van der Waals surface area (Å²) in [6.07, 6.45) is -5.96. The van der Waals surface area contributed by atoms with E-state index in [1.807, 2.05) is 30.3 Å². The highest BCUT2D eigenvalue weighted by atomic mass is 19.4. The molecule has 0 spiro atoms. The van der Waals surface area contributed by atoms with Crippen molar-refractivity contribution in [2.45, 2.75) is 19.2 Å². The summed E-state index contributed by atoms with van der Waals surface area (Å²) in [4.78, 5) is 12.7. The molecule has 1 aromatic carbocycles. The van der Waals surface area contributed by atoms with Gasteiger partial charge in [-0.2, -0.15) is 18.3 Å². The van der Waals surface area contributed by atoms with Crippen molar-refractivity contribution in [1.82, 2.24) is 14.7 Å². The number of carbonyl (C=O) groups is 1. The zero-order valence-electron chi connectivity index (χ0n) is 13.1. The van der Waals surface area contributed by atoms with E-state index in [9.17, 15) is 18.0 Å². The van der Waals surface area contributed by atoms with E-state index in [2.05, 4.69) is 10.4 Å². The quantitative estimate of drug-likeness (QED) is 0.897. The number of rotatable bonds is 4. The van der Waals surface area contributed by atoms with Crippen LogP contribution in [0.1, 0.15) is 5.69 Å². The lowest BCUT2D eigenvalue weighted by Crippen LogP contribution is -2.43. The van der Waals surface area contributed by atoms with Gasteiger partial charge in [0, 0.05) is 7.05 Å². The number of para-hydroxylation sites is 1. The minimum atomic E-state index is -4.78. The number of aliphatic hydroxyl groups is 1. The second-order valence-corrected chi connectivity index (χ2v) is 5.26. The lowest BCUT2D eigenvalue weighted by molar-refractivity contribution is -0.205. The van der Waals surface area contributed by atoms with Gasteiger partial charge in [-0.1, -0.05) is 18.2 Å². The molecule has 1 aromatic heterocycles. The molecule has 0 saturated heterocycles. The average Bonchev–Trinajstić information content (AvgIpc) is 2.88. The number of likely N-dealkylation sites (N-methyl/N-ethyl adjacent to an activating group) is 1. The number of anilines is 1. The molecule has 2 amide bonds. The lowest BCUT2D eigenvalue weighted by Gasteiger charge is -2.22. The van der Waals surface area contributed by atoms with E-state index in [0.29, 0.717) is 11.4 Å². The van der Waals surface area contributed by atoms with Crippen LogP contribution in [0.5, 0.6) is 0 Å². The highest BCUT2D eigenvalue weighted by molar-refractivity contribution is 5.89. The standard InChI is InChI=1S/C15H17F3N4O2/c1-10-12(8-19-22(10)11-6-4-3-5-7-11)20-14(24)21(2)9-13(23)15(16,17)18/h3-8,13,23H,9H2,1-2H3,(H,20,24). The van der Waals surface area contributed by atoms with E-state index in [-0.39, 0.29) is 0 Å². The van der Waals surface area contributed by atoms with Crippen molar-refractivity contribution in [2.75, 3.05) is 18.9 Å². The van der Waals surface area contributed by atoms with E-state index in [4.69, 9.17) is 5.11 Å². The molecule has 2 rings (SSSR count). The van der Waals surface area contributed by atoms with Crippen LogP contribution in [0.25, 0.3) is 5.69 Å². The number of carbonyl (C=O) groups excluding carboxylic acids is 1. The second-order valence-electron chi connectivity index (χ2n) is 5.26. The minimum Gasteiger partial charge on any atom is -0.382 e. The summed E-state index contributed by atoms with van der Waals surface area (Å²) >= 11 is 0. The van der Waals surface area contributed by atoms with Crippen LogP contribution in [0.3, 0.4) is 0 Å². The van der Waals surface area contributed by atoms with Gasteiger partial charge in [0.15, 0.2) is 6.10 Å². The third-order valence-corrected chi connectivity index (χ3v) is 3.42. The Balaban J connectivity index is 2.06. The van der Waals surface area contributed by atoms with Crippen molar-refractivity contribution in [2.24, 2.45) is 0 Å². The molecule has 2 N–H and O–H groups in total. The zero-order chi connectivity index (χ0) is 17.9. The summed E-state index contributed by atoms with van der Waals surface area (Å²) in [5.74, 6) is 0. The van der Waals surface area contributed by atoms with E-state index in [1.165, 1.54) is 13.2 Å². The first-order chi connectivity index (χ1) is 11.2. The molecule has 0 saturated carbocycles. The van der Waals surface area contributed by atoms with Crippen LogP contribution in [0, 0.1) is 6.92 Å². The maximum atomic E-state index is 12.3. The second kappa shape index (κ2) is 6.91. The minimum absolute atomic E-state index is 0.372. The third-order valence-electron chi connectivity index (χ3n) is 3.42. The van der Waals surface area contributed by atoms with Crippen molar-refractivity contribution >= 4 is 11.7 Å². The van der Waals surface area contributed by atoms with E-state index in [1.54, 1.807) is 11.6 Å². The number of amides is 2. The highest BCUT2D eigenvalue weighted by Gasteiger charge is 2.39. The Kier molecular flexibility index (Phi) is 5.13. The topological polar surface area (TPSA) is 70.4 Å². The van der Waals surface area contributed by atoms with Crippen LogP contribution >= 0.6 is 0 Å². The van der Waals surface area contributed by atoms with Crippen LogP contribution in [-0.4, -0.2) is 51.7 Å². The molecule has 0 bridgehead atoms. The largest absolute Gasteiger partial charge is 0.416 e. The van der Waals surface area contributed by atoms with Crippen LogP contribution < -0.4 is 5.32 Å². The first-order valence-corrected chi connectivity index (χ1v) is 7.07. The number of nitrogens with zero attached hydrogens (tertiary/aromatic N) is 3. The predicted octanol–water partition coefficient (Wildman–Crippen LogP) is 2.57. The number of urea groups is 1. The fraction of sp³-hybridized carbons (Fsp3) is 0.333. The highest BCUT2D eigenvalue weighted by Crippen LogP contribution is 2.21. The first kappa shape index (κ1) is 17.8. The third kappa shape index (κ3) is 4.05. The average molecular weight is 342 g/mol. The molecule has 1 unspecified atom stereocenters. The smallest absolute Gasteiger partial charge is 0.382 e. The molecule has 6 nitrogen and oxygen atoms in total. The van der Waals surface area contributed by atoms with E-state index in [0.717, 1.165) is 10.6 Å². The number of benzene rings is 1. The zero-order valence-corrected chi connectivity index (χ0v) is 13.1. The molecular formula is C15H17F3N4O2. The first-order valence-electron chi connectivity index (χ1n) is 7.07. The number of nitrogens with one attached hydrogen (secondary N) is 1. The van der Waals surface area contributed by atoms with Gasteiger partial charge in [-0.05, 0) is 19.1 Å². The number of hydrogen-bond acceptors (Lipinski definition) is 3. The van der Waals surface area contributed by atoms with E-state index < -0.39 is 24.9 Å². The van der Waals surface area contributed by atoms with Crippen molar-refractivity contribution < 1.29 is 23.1 Å². The van der Waals surface area contributed by atoms with Crippen molar-refractivity contribution in [3.05, 3.63) is 42.2 Å². The number of aliphatic hydroxyl groups excluding tert-OH is 1. The Morgan fingerprint density at radius 2 is 2.00 bits per heavy atom. The fourth-order valence-electron chi connectivity index (χ4n) is 2.02. The van der Waals surface area contributed by atoms with Gasteiger partial charge in [0.05, 0.1) is 29.8 Å². The monoisotopic (exact) mass is 342 g/mol. The number of hydrogen-bond donors (Lipinski definition) is 2. The number of halogens is 3. The predicted molar refractivity (Wildman–Crippen MR) is 82.0 cm³/mol. The maximum absolute atomic E-state index is 12.3. The normalized spacial score (nSPS) is 12.8. The summed E-state index contributed by atoms with van der Waals surface area (Å²) < 4.78 is 38.6. The Morgan fingerprint density at radius 3 is 2.58 bits per heavy atom. The SMILES string of the molecule is Cc1c(NC(=O)N(C)CC(O)C(F)(F)F)cnn1-c1ccccc1. The Morgan fingerprint density at radius 1 is 1.38 bits per heavy atom. The van der Waals surface area contributed by atoms with Gasteiger partial charge in [-0.15, -0.1) is 0 Å². The molecular weight excluding hydrogens is 325 g/mol. The van der Waals surface area contributed by atoms with Gasteiger partial charge in [0.1, 0.15) is 0 Å². The fourth-order valence-corrected chi connectivity index (χ4v) is 2.02. The molecule has 0 aliphatic rings. The molecule has 0 aliphatic heterocycles. The molecule has 2 aromatic rings.